The first-order valence-corrected chi connectivity index (χ1v) is 5.32. The lowest BCUT2D eigenvalue weighted by molar-refractivity contribution is 0.243. The molecule has 1 heterocycles. The Morgan fingerprint density at radius 2 is 2.27 bits per heavy atom. The van der Waals surface area contributed by atoms with Crippen LogP contribution in [0.15, 0.2) is 6.33 Å². The van der Waals surface area contributed by atoms with Gasteiger partial charge in [0.2, 0.25) is 0 Å². The van der Waals surface area contributed by atoms with E-state index in [1.807, 2.05) is 7.05 Å². The first-order chi connectivity index (χ1) is 7.15. The zero-order chi connectivity index (χ0) is 11.3. The van der Waals surface area contributed by atoms with E-state index in [4.69, 9.17) is 5.11 Å². The first-order valence-electron chi connectivity index (χ1n) is 5.32. The Balaban J connectivity index is 2.43. The van der Waals surface area contributed by atoms with Gasteiger partial charge in [0.05, 0.1) is 6.54 Å². The summed E-state index contributed by atoms with van der Waals surface area (Å²) in [7, 11) is 1.88. The number of aryl methyl sites for hydroxylation is 1. The van der Waals surface area contributed by atoms with E-state index in [-0.39, 0.29) is 6.61 Å². The molecule has 0 saturated carbocycles. The van der Waals surface area contributed by atoms with E-state index in [1.165, 1.54) is 0 Å². The maximum atomic E-state index is 8.92. The van der Waals surface area contributed by atoms with Crippen LogP contribution in [0.2, 0.25) is 0 Å². The highest BCUT2D eigenvalue weighted by Gasteiger charge is 2.12. The van der Waals surface area contributed by atoms with Crippen LogP contribution < -0.4 is 5.32 Å². The van der Waals surface area contributed by atoms with Gasteiger partial charge in [-0.1, -0.05) is 13.8 Å². The van der Waals surface area contributed by atoms with E-state index in [9.17, 15) is 0 Å². The van der Waals surface area contributed by atoms with Gasteiger partial charge in [0.25, 0.3) is 0 Å². The first kappa shape index (κ1) is 12.1. The molecule has 0 amide bonds. The highest BCUT2D eigenvalue weighted by atomic mass is 16.3. The fourth-order valence-electron chi connectivity index (χ4n) is 1.51. The van der Waals surface area contributed by atoms with Crippen molar-refractivity contribution >= 4 is 0 Å². The Morgan fingerprint density at radius 1 is 1.53 bits per heavy atom. The topological polar surface area (TPSA) is 63.0 Å². The van der Waals surface area contributed by atoms with E-state index in [0.29, 0.717) is 18.5 Å². The number of aliphatic hydroxyl groups is 1. The lowest BCUT2D eigenvalue weighted by Gasteiger charge is -2.21. The van der Waals surface area contributed by atoms with Gasteiger partial charge in [-0.05, 0) is 12.3 Å². The summed E-state index contributed by atoms with van der Waals surface area (Å²) in [6.45, 7) is 5.20. The van der Waals surface area contributed by atoms with Crippen molar-refractivity contribution in [3.05, 3.63) is 12.2 Å². The second-order valence-corrected chi connectivity index (χ2v) is 4.04. The van der Waals surface area contributed by atoms with Crippen molar-refractivity contribution in [1.82, 2.24) is 20.1 Å². The van der Waals surface area contributed by atoms with Gasteiger partial charge in [0.1, 0.15) is 12.2 Å². The van der Waals surface area contributed by atoms with Crippen LogP contribution in [0.4, 0.5) is 0 Å². The standard InChI is InChI=1S/C10H20N4O/c1-8(2)9(4-5-15)11-6-10-12-7-13-14(10)3/h7-9,11,15H,4-6H2,1-3H3. The predicted molar refractivity (Wildman–Crippen MR) is 58.2 cm³/mol. The molecule has 0 fully saturated rings. The minimum absolute atomic E-state index is 0.217. The summed E-state index contributed by atoms with van der Waals surface area (Å²) in [5.41, 5.74) is 0. The highest BCUT2D eigenvalue weighted by Crippen LogP contribution is 2.06. The van der Waals surface area contributed by atoms with Crippen LogP contribution in [0.1, 0.15) is 26.1 Å². The monoisotopic (exact) mass is 212 g/mol. The smallest absolute Gasteiger partial charge is 0.140 e. The minimum Gasteiger partial charge on any atom is -0.396 e. The number of hydrogen-bond acceptors (Lipinski definition) is 4. The Kier molecular flexibility index (Phi) is 4.71. The fourth-order valence-corrected chi connectivity index (χ4v) is 1.51. The lowest BCUT2D eigenvalue weighted by atomic mass is 10.0. The van der Waals surface area contributed by atoms with Crippen molar-refractivity contribution in [2.24, 2.45) is 13.0 Å². The quantitative estimate of drug-likeness (QED) is 0.712. The largest absolute Gasteiger partial charge is 0.396 e. The molecule has 0 aliphatic heterocycles. The predicted octanol–water partition coefficient (Wildman–Crippen LogP) is 0.312. The normalized spacial score (nSPS) is 13.4. The summed E-state index contributed by atoms with van der Waals surface area (Å²) in [4.78, 5) is 4.13. The number of aromatic nitrogens is 3. The van der Waals surface area contributed by atoms with Crippen molar-refractivity contribution in [2.45, 2.75) is 32.9 Å². The van der Waals surface area contributed by atoms with E-state index < -0.39 is 0 Å². The maximum absolute atomic E-state index is 8.92. The molecule has 0 bridgehead atoms. The van der Waals surface area contributed by atoms with Crippen LogP contribution in [0.3, 0.4) is 0 Å². The SMILES string of the molecule is CC(C)C(CCO)NCc1ncnn1C. The van der Waals surface area contributed by atoms with Gasteiger partial charge >= 0.3 is 0 Å². The number of nitrogens with one attached hydrogen (secondary N) is 1. The molecule has 0 saturated heterocycles. The molecule has 0 spiro atoms. The molecule has 0 aromatic carbocycles. The van der Waals surface area contributed by atoms with Crippen LogP contribution in [0.25, 0.3) is 0 Å². The molecule has 5 nitrogen and oxygen atoms in total. The minimum atomic E-state index is 0.217. The summed E-state index contributed by atoms with van der Waals surface area (Å²) in [5.74, 6) is 1.42. The van der Waals surface area contributed by atoms with E-state index in [0.717, 1.165) is 12.2 Å². The average molecular weight is 212 g/mol. The van der Waals surface area contributed by atoms with Crippen molar-refractivity contribution in [3.63, 3.8) is 0 Å². The molecule has 2 N–H and O–H groups in total. The van der Waals surface area contributed by atoms with Gasteiger partial charge in [-0.25, -0.2) is 4.98 Å². The number of hydrogen-bond donors (Lipinski definition) is 2. The third kappa shape index (κ3) is 3.60. The van der Waals surface area contributed by atoms with Crippen LogP contribution in [0, 0.1) is 5.92 Å². The van der Waals surface area contributed by atoms with E-state index >= 15 is 0 Å². The van der Waals surface area contributed by atoms with Gasteiger partial charge in [-0.3, -0.25) is 4.68 Å². The Bertz CT molecular complexity index is 285. The molecule has 0 aliphatic rings. The molecule has 0 aliphatic carbocycles. The van der Waals surface area contributed by atoms with Crippen LogP contribution >= 0.6 is 0 Å². The summed E-state index contributed by atoms with van der Waals surface area (Å²) < 4.78 is 1.75. The number of nitrogens with zero attached hydrogens (tertiary/aromatic N) is 3. The molecular weight excluding hydrogens is 192 g/mol. The third-order valence-corrected chi connectivity index (χ3v) is 2.57. The molecule has 1 aromatic rings. The molecule has 1 aromatic heterocycles. The van der Waals surface area contributed by atoms with Crippen LogP contribution in [0.5, 0.6) is 0 Å². The van der Waals surface area contributed by atoms with Gasteiger partial charge in [0, 0.05) is 19.7 Å². The summed E-state index contributed by atoms with van der Waals surface area (Å²) in [6.07, 6.45) is 2.32. The molecular formula is C10H20N4O. The van der Waals surface area contributed by atoms with E-state index in [1.54, 1.807) is 11.0 Å². The van der Waals surface area contributed by atoms with Crippen LogP contribution in [-0.2, 0) is 13.6 Å². The van der Waals surface area contributed by atoms with Crippen molar-refractivity contribution < 1.29 is 5.11 Å². The Morgan fingerprint density at radius 3 is 2.73 bits per heavy atom. The van der Waals surface area contributed by atoms with Gasteiger partial charge in [-0.15, -0.1) is 0 Å². The van der Waals surface area contributed by atoms with Gasteiger partial charge in [-0.2, -0.15) is 5.10 Å². The average Bonchev–Trinajstić information content (AvgIpc) is 2.58. The Hall–Kier alpha value is -0.940. The molecule has 0 radical (unpaired) electrons. The van der Waals surface area contributed by atoms with Crippen LogP contribution in [-0.4, -0.2) is 32.5 Å². The van der Waals surface area contributed by atoms with E-state index in [2.05, 4.69) is 29.2 Å². The molecule has 1 rings (SSSR count). The Labute approximate surface area is 90.5 Å². The number of rotatable bonds is 6. The zero-order valence-electron chi connectivity index (χ0n) is 9.64. The fraction of sp³-hybridized carbons (Fsp3) is 0.800. The van der Waals surface area contributed by atoms with Gasteiger partial charge < -0.3 is 10.4 Å². The zero-order valence-corrected chi connectivity index (χ0v) is 9.64. The second kappa shape index (κ2) is 5.82. The lowest BCUT2D eigenvalue weighted by Crippen LogP contribution is -2.35. The molecule has 15 heavy (non-hydrogen) atoms. The van der Waals surface area contributed by atoms with Gasteiger partial charge in [0.15, 0.2) is 0 Å². The maximum Gasteiger partial charge on any atom is 0.140 e. The molecule has 1 atom stereocenters. The molecule has 5 heteroatoms. The summed E-state index contributed by atoms with van der Waals surface area (Å²) in [5, 5.41) is 16.3. The highest BCUT2D eigenvalue weighted by molar-refractivity contribution is 4.84. The number of aliphatic hydroxyl groups excluding tert-OH is 1. The third-order valence-electron chi connectivity index (χ3n) is 2.57. The second-order valence-electron chi connectivity index (χ2n) is 4.04. The molecule has 86 valence electrons. The van der Waals surface area contributed by atoms with Crippen molar-refractivity contribution in [1.29, 1.82) is 0 Å². The van der Waals surface area contributed by atoms with Crippen molar-refractivity contribution in [3.8, 4) is 0 Å². The summed E-state index contributed by atoms with van der Waals surface area (Å²) >= 11 is 0. The molecule has 1 unspecified atom stereocenters. The van der Waals surface area contributed by atoms with Crippen molar-refractivity contribution in [2.75, 3.05) is 6.61 Å². The summed E-state index contributed by atoms with van der Waals surface area (Å²) in [6, 6.07) is 0.326.